The molecule has 1 saturated heterocycles. The first-order valence-electron chi connectivity index (χ1n) is 4.32. The van der Waals surface area contributed by atoms with Crippen molar-refractivity contribution in [1.29, 1.82) is 0 Å². The standard InChI is InChI=1S/C8H17N3O/c1-10-5-3-7(4-6-10)8(12)11(2)9/h7H,3-6,9H2,1-2H3. The second kappa shape index (κ2) is 3.87. The number of hydrazine groups is 1. The molecule has 0 bridgehead atoms. The molecular weight excluding hydrogens is 154 g/mol. The molecule has 0 aliphatic carbocycles. The van der Waals surface area contributed by atoms with E-state index < -0.39 is 0 Å². The van der Waals surface area contributed by atoms with Gasteiger partial charge in [-0.1, -0.05) is 0 Å². The molecule has 1 rings (SSSR count). The number of rotatable bonds is 1. The molecule has 2 N–H and O–H groups in total. The molecule has 1 heterocycles. The quantitative estimate of drug-likeness (QED) is 0.333. The van der Waals surface area contributed by atoms with Gasteiger partial charge in [-0.05, 0) is 33.0 Å². The molecule has 4 heteroatoms. The first-order valence-corrected chi connectivity index (χ1v) is 4.32. The number of piperidine rings is 1. The topological polar surface area (TPSA) is 49.6 Å². The Balaban J connectivity index is 2.39. The van der Waals surface area contributed by atoms with Crippen LogP contribution in [-0.4, -0.2) is 43.0 Å². The minimum atomic E-state index is 0.0723. The van der Waals surface area contributed by atoms with Crippen LogP contribution in [0.1, 0.15) is 12.8 Å². The van der Waals surface area contributed by atoms with Crippen molar-refractivity contribution < 1.29 is 4.79 Å². The maximum Gasteiger partial charge on any atom is 0.239 e. The number of carbonyl (C=O) groups excluding carboxylic acids is 1. The molecule has 0 aromatic heterocycles. The number of nitrogens with zero attached hydrogens (tertiary/aromatic N) is 2. The molecule has 0 aromatic carbocycles. The van der Waals surface area contributed by atoms with Crippen LogP contribution in [0.15, 0.2) is 0 Å². The highest BCUT2D eigenvalue weighted by Gasteiger charge is 2.24. The Labute approximate surface area is 73.3 Å². The maximum atomic E-state index is 11.4. The van der Waals surface area contributed by atoms with Crippen LogP contribution < -0.4 is 5.84 Å². The fourth-order valence-electron chi connectivity index (χ4n) is 1.54. The second-order valence-corrected chi connectivity index (χ2v) is 3.53. The highest BCUT2D eigenvalue weighted by Crippen LogP contribution is 2.16. The molecule has 0 atom stereocenters. The second-order valence-electron chi connectivity index (χ2n) is 3.53. The SMILES string of the molecule is CN1CCC(C(=O)N(C)N)CC1. The number of hydrogen-bond donors (Lipinski definition) is 1. The summed E-state index contributed by atoms with van der Waals surface area (Å²) in [6.45, 7) is 2.01. The van der Waals surface area contributed by atoms with Crippen molar-refractivity contribution in [3.05, 3.63) is 0 Å². The third-order valence-electron chi connectivity index (χ3n) is 2.42. The third kappa shape index (κ3) is 2.19. The minimum Gasteiger partial charge on any atom is -0.306 e. The summed E-state index contributed by atoms with van der Waals surface area (Å²) in [5, 5.41) is 1.20. The molecule has 0 radical (unpaired) electrons. The molecule has 4 nitrogen and oxygen atoms in total. The third-order valence-corrected chi connectivity index (χ3v) is 2.42. The Morgan fingerprint density at radius 1 is 1.50 bits per heavy atom. The van der Waals surface area contributed by atoms with Crippen LogP contribution >= 0.6 is 0 Å². The normalized spacial score (nSPS) is 20.9. The van der Waals surface area contributed by atoms with Crippen molar-refractivity contribution >= 4 is 5.91 Å². The first-order chi connectivity index (χ1) is 5.61. The van der Waals surface area contributed by atoms with Crippen LogP contribution in [-0.2, 0) is 4.79 Å². The van der Waals surface area contributed by atoms with Gasteiger partial charge in [0.2, 0.25) is 5.91 Å². The summed E-state index contributed by atoms with van der Waals surface area (Å²) in [6, 6.07) is 0. The molecule has 1 aliphatic rings. The monoisotopic (exact) mass is 171 g/mol. The zero-order valence-electron chi connectivity index (χ0n) is 7.79. The number of nitrogens with two attached hydrogens (primary N) is 1. The molecular formula is C8H17N3O. The molecule has 1 fully saturated rings. The average Bonchev–Trinajstić information content (AvgIpc) is 2.04. The van der Waals surface area contributed by atoms with Gasteiger partial charge in [0.05, 0.1) is 0 Å². The lowest BCUT2D eigenvalue weighted by atomic mass is 9.96. The van der Waals surface area contributed by atoms with Crippen molar-refractivity contribution in [2.75, 3.05) is 27.2 Å². The van der Waals surface area contributed by atoms with E-state index in [2.05, 4.69) is 11.9 Å². The van der Waals surface area contributed by atoms with E-state index >= 15 is 0 Å². The van der Waals surface area contributed by atoms with Gasteiger partial charge >= 0.3 is 0 Å². The van der Waals surface area contributed by atoms with Crippen LogP contribution in [0.2, 0.25) is 0 Å². The van der Waals surface area contributed by atoms with Crippen LogP contribution in [0.3, 0.4) is 0 Å². The summed E-state index contributed by atoms with van der Waals surface area (Å²) in [7, 11) is 3.69. The van der Waals surface area contributed by atoms with E-state index in [9.17, 15) is 4.79 Å². The first kappa shape index (κ1) is 9.48. The van der Waals surface area contributed by atoms with E-state index in [1.807, 2.05) is 0 Å². The molecule has 0 saturated carbocycles. The summed E-state index contributed by atoms with van der Waals surface area (Å²) in [5.74, 6) is 5.59. The average molecular weight is 171 g/mol. The summed E-state index contributed by atoms with van der Waals surface area (Å²) in [6.07, 6.45) is 1.88. The van der Waals surface area contributed by atoms with E-state index in [4.69, 9.17) is 5.84 Å². The van der Waals surface area contributed by atoms with Crippen molar-refractivity contribution in [2.45, 2.75) is 12.8 Å². The molecule has 12 heavy (non-hydrogen) atoms. The lowest BCUT2D eigenvalue weighted by Gasteiger charge is -2.29. The summed E-state index contributed by atoms with van der Waals surface area (Å²) >= 11 is 0. The smallest absolute Gasteiger partial charge is 0.239 e. The number of hydrogen-bond acceptors (Lipinski definition) is 3. The van der Waals surface area contributed by atoms with Crippen LogP contribution in [0.5, 0.6) is 0 Å². The Kier molecular flexibility index (Phi) is 3.05. The Bertz CT molecular complexity index is 162. The van der Waals surface area contributed by atoms with Crippen LogP contribution in [0.4, 0.5) is 0 Å². The maximum absolute atomic E-state index is 11.4. The van der Waals surface area contributed by atoms with Gasteiger partial charge in [0.15, 0.2) is 0 Å². The summed E-state index contributed by atoms with van der Waals surface area (Å²) in [4.78, 5) is 13.6. The molecule has 0 aromatic rings. The van der Waals surface area contributed by atoms with E-state index in [0.717, 1.165) is 25.9 Å². The fourth-order valence-corrected chi connectivity index (χ4v) is 1.54. The highest BCUT2D eigenvalue weighted by atomic mass is 16.2. The molecule has 0 unspecified atom stereocenters. The van der Waals surface area contributed by atoms with Crippen molar-refractivity contribution in [1.82, 2.24) is 9.91 Å². The van der Waals surface area contributed by atoms with E-state index in [-0.39, 0.29) is 11.8 Å². The largest absolute Gasteiger partial charge is 0.306 e. The summed E-state index contributed by atoms with van der Waals surface area (Å²) in [5.41, 5.74) is 0. The Morgan fingerprint density at radius 2 is 2.00 bits per heavy atom. The Morgan fingerprint density at radius 3 is 2.42 bits per heavy atom. The van der Waals surface area contributed by atoms with Crippen molar-refractivity contribution in [2.24, 2.45) is 11.8 Å². The number of likely N-dealkylation sites (tertiary alicyclic amines) is 1. The predicted octanol–water partition coefficient (Wildman–Crippen LogP) is -0.340. The zero-order chi connectivity index (χ0) is 9.14. The molecule has 70 valence electrons. The highest BCUT2D eigenvalue weighted by molar-refractivity contribution is 5.78. The van der Waals surface area contributed by atoms with E-state index in [0.29, 0.717) is 0 Å². The zero-order valence-corrected chi connectivity index (χ0v) is 7.79. The van der Waals surface area contributed by atoms with Gasteiger partial charge in [-0.3, -0.25) is 9.80 Å². The van der Waals surface area contributed by atoms with Gasteiger partial charge < -0.3 is 4.90 Å². The van der Waals surface area contributed by atoms with Gasteiger partial charge in [0.1, 0.15) is 0 Å². The van der Waals surface area contributed by atoms with Crippen LogP contribution in [0.25, 0.3) is 0 Å². The lowest BCUT2D eigenvalue weighted by molar-refractivity contribution is -0.135. The molecule has 1 amide bonds. The predicted molar refractivity (Wildman–Crippen MR) is 47.2 cm³/mol. The lowest BCUT2D eigenvalue weighted by Crippen LogP contribution is -2.42. The van der Waals surface area contributed by atoms with Gasteiger partial charge in [-0.2, -0.15) is 0 Å². The number of amides is 1. The number of carbonyl (C=O) groups is 1. The van der Waals surface area contributed by atoms with E-state index in [1.165, 1.54) is 5.01 Å². The minimum absolute atomic E-state index is 0.0723. The van der Waals surface area contributed by atoms with Gasteiger partial charge in [0, 0.05) is 13.0 Å². The Hall–Kier alpha value is -0.610. The van der Waals surface area contributed by atoms with Gasteiger partial charge in [-0.15, -0.1) is 0 Å². The molecule has 0 spiro atoms. The van der Waals surface area contributed by atoms with Gasteiger partial charge in [0.25, 0.3) is 0 Å². The van der Waals surface area contributed by atoms with Gasteiger partial charge in [-0.25, -0.2) is 5.84 Å². The van der Waals surface area contributed by atoms with Crippen LogP contribution in [0, 0.1) is 5.92 Å². The molecule has 1 aliphatic heterocycles. The summed E-state index contributed by atoms with van der Waals surface area (Å²) < 4.78 is 0. The van der Waals surface area contributed by atoms with E-state index in [1.54, 1.807) is 7.05 Å². The van der Waals surface area contributed by atoms with Crippen molar-refractivity contribution in [3.8, 4) is 0 Å². The van der Waals surface area contributed by atoms with Crippen molar-refractivity contribution in [3.63, 3.8) is 0 Å². The fraction of sp³-hybridized carbons (Fsp3) is 0.875.